The van der Waals surface area contributed by atoms with Gasteiger partial charge >= 0.3 is 0 Å². The zero-order chi connectivity index (χ0) is 12.8. The van der Waals surface area contributed by atoms with Crippen LogP contribution in [0.25, 0.3) is 11.0 Å². The number of fused-ring (bicyclic) bond motifs is 1. The van der Waals surface area contributed by atoms with Crippen LogP contribution >= 0.6 is 0 Å². The topological polar surface area (TPSA) is 56.7 Å². The monoisotopic (exact) mass is 244 g/mol. The smallest absolute Gasteiger partial charge is 0.129 e. The molecule has 0 atom stereocenters. The largest absolute Gasteiger partial charge is 0.328 e. The van der Waals surface area contributed by atoms with Crippen LogP contribution in [-0.4, -0.2) is 14.5 Å². The molecule has 1 aliphatic rings. The molecule has 0 unspecified atom stereocenters. The Balaban J connectivity index is 2.06. The third kappa shape index (κ3) is 1.72. The zero-order valence-electron chi connectivity index (χ0n) is 11.1. The Bertz CT molecular complexity index is 564. The molecular weight excluding hydrogens is 224 g/mol. The fourth-order valence-corrected chi connectivity index (χ4v) is 2.98. The second-order valence-corrected chi connectivity index (χ2v) is 5.70. The van der Waals surface area contributed by atoms with Gasteiger partial charge in [-0.25, -0.2) is 4.98 Å². The van der Waals surface area contributed by atoms with Crippen LogP contribution in [0.4, 0.5) is 0 Å². The summed E-state index contributed by atoms with van der Waals surface area (Å²) in [5.41, 5.74) is 8.40. The van der Waals surface area contributed by atoms with Gasteiger partial charge in [0.15, 0.2) is 0 Å². The highest BCUT2D eigenvalue weighted by atomic mass is 15.1. The van der Waals surface area contributed by atoms with E-state index in [0.717, 1.165) is 35.6 Å². The second kappa shape index (κ2) is 4.05. The number of hydrogen-bond acceptors (Lipinski definition) is 3. The van der Waals surface area contributed by atoms with E-state index in [1.165, 1.54) is 12.8 Å². The third-order valence-electron chi connectivity index (χ3n) is 4.29. The molecule has 2 N–H and O–H groups in total. The van der Waals surface area contributed by atoms with E-state index in [9.17, 15) is 0 Å². The summed E-state index contributed by atoms with van der Waals surface area (Å²) < 4.78 is 2.11. The number of aromatic nitrogens is 3. The summed E-state index contributed by atoms with van der Waals surface area (Å²) in [4.78, 5) is 8.90. The van der Waals surface area contributed by atoms with E-state index in [0.29, 0.717) is 0 Å². The highest BCUT2D eigenvalue weighted by molar-refractivity contribution is 5.74. The molecule has 2 aromatic heterocycles. The molecule has 4 nitrogen and oxygen atoms in total. The molecule has 4 heteroatoms. The first-order valence-electron chi connectivity index (χ1n) is 6.66. The molecule has 3 rings (SSSR count). The summed E-state index contributed by atoms with van der Waals surface area (Å²) in [6.07, 6.45) is 8.08. The normalized spacial score (nSPS) is 28.7. The molecule has 0 aromatic carbocycles. The highest BCUT2D eigenvalue weighted by Crippen LogP contribution is 2.37. The van der Waals surface area contributed by atoms with Gasteiger partial charge in [-0.3, -0.25) is 4.98 Å². The minimum atomic E-state index is -0.264. The van der Waals surface area contributed by atoms with E-state index < -0.39 is 0 Å². The molecule has 2 aromatic rings. The lowest BCUT2D eigenvalue weighted by atomic mass is 9.77. The number of nitrogens with zero attached hydrogens (tertiary/aromatic N) is 3. The lowest BCUT2D eigenvalue weighted by Crippen LogP contribution is -2.42. The Morgan fingerprint density at radius 3 is 2.78 bits per heavy atom. The Morgan fingerprint density at radius 2 is 2.11 bits per heavy atom. The maximum Gasteiger partial charge on any atom is 0.129 e. The van der Waals surface area contributed by atoms with Gasteiger partial charge in [0.25, 0.3) is 0 Å². The van der Waals surface area contributed by atoms with E-state index >= 15 is 0 Å². The van der Waals surface area contributed by atoms with Gasteiger partial charge in [-0.1, -0.05) is 6.92 Å². The maximum absolute atomic E-state index is 6.60. The number of hydrogen-bond donors (Lipinski definition) is 1. The number of aryl methyl sites for hydroxylation is 1. The first-order valence-corrected chi connectivity index (χ1v) is 6.66. The van der Waals surface area contributed by atoms with Gasteiger partial charge in [-0.2, -0.15) is 0 Å². The van der Waals surface area contributed by atoms with Gasteiger partial charge in [-0.05, 0) is 37.7 Å². The summed E-state index contributed by atoms with van der Waals surface area (Å²) in [5, 5.41) is 0. The van der Waals surface area contributed by atoms with Gasteiger partial charge in [0, 0.05) is 13.2 Å². The standard InChI is InChI=1S/C14H20N4/c1-10-3-6-14(15,7-4-10)13-17-11-5-8-16-9-12(11)18(13)2/h5,8-10H,3-4,6-7,15H2,1-2H3. The highest BCUT2D eigenvalue weighted by Gasteiger charge is 2.35. The van der Waals surface area contributed by atoms with Gasteiger partial charge < -0.3 is 10.3 Å². The van der Waals surface area contributed by atoms with E-state index in [-0.39, 0.29) is 5.54 Å². The molecule has 0 radical (unpaired) electrons. The summed E-state index contributed by atoms with van der Waals surface area (Å²) in [7, 11) is 2.04. The summed E-state index contributed by atoms with van der Waals surface area (Å²) in [5.74, 6) is 1.80. The Hall–Kier alpha value is -1.42. The van der Waals surface area contributed by atoms with Gasteiger partial charge in [0.2, 0.25) is 0 Å². The van der Waals surface area contributed by atoms with Gasteiger partial charge in [-0.15, -0.1) is 0 Å². The third-order valence-corrected chi connectivity index (χ3v) is 4.29. The lowest BCUT2D eigenvalue weighted by molar-refractivity contribution is 0.233. The van der Waals surface area contributed by atoms with Crippen LogP contribution in [0.3, 0.4) is 0 Å². The molecule has 0 amide bonds. The minimum Gasteiger partial charge on any atom is -0.328 e. The van der Waals surface area contributed by atoms with Crippen LogP contribution < -0.4 is 5.73 Å². The molecule has 0 bridgehead atoms. The maximum atomic E-state index is 6.60. The Labute approximate surface area is 107 Å². The van der Waals surface area contributed by atoms with Crippen molar-refractivity contribution in [3.05, 3.63) is 24.3 Å². The molecule has 0 saturated heterocycles. The lowest BCUT2D eigenvalue weighted by Gasteiger charge is -2.35. The molecule has 0 spiro atoms. The van der Waals surface area contributed by atoms with Crippen LogP contribution in [0.2, 0.25) is 0 Å². The van der Waals surface area contributed by atoms with Crippen molar-refractivity contribution in [1.82, 2.24) is 14.5 Å². The Morgan fingerprint density at radius 1 is 1.39 bits per heavy atom. The van der Waals surface area contributed by atoms with E-state index in [2.05, 4.69) is 16.5 Å². The summed E-state index contributed by atoms with van der Waals surface area (Å²) >= 11 is 0. The predicted octanol–water partition coefficient (Wildman–Crippen LogP) is 2.33. The molecular formula is C14H20N4. The van der Waals surface area contributed by atoms with Crippen molar-refractivity contribution in [3.63, 3.8) is 0 Å². The van der Waals surface area contributed by atoms with Crippen LogP contribution in [0.15, 0.2) is 18.5 Å². The molecule has 18 heavy (non-hydrogen) atoms. The molecule has 1 aliphatic carbocycles. The summed E-state index contributed by atoms with van der Waals surface area (Å²) in [6, 6.07) is 1.95. The molecule has 2 heterocycles. The number of pyridine rings is 1. The minimum absolute atomic E-state index is 0.264. The fourth-order valence-electron chi connectivity index (χ4n) is 2.98. The second-order valence-electron chi connectivity index (χ2n) is 5.70. The van der Waals surface area contributed by atoms with Crippen molar-refractivity contribution in [3.8, 4) is 0 Å². The van der Waals surface area contributed by atoms with Crippen molar-refractivity contribution >= 4 is 11.0 Å². The molecule has 0 aliphatic heterocycles. The average Bonchev–Trinajstić information content (AvgIpc) is 2.72. The van der Waals surface area contributed by atoms with Crippen LogP contribution in [0, 0.1) is 5.92 Å². The molecule has 1 saturated carbocycles. The van der Waals surface area contributed by atoms with Crippen molar-refractivity contribution in [1.29, 1.82) is 0 Å². The van der Waals surface area contributed by atoms with Crippen molar-refractivity contribution in [2.45, 2.75) is 38.1 Å². The Kier molecular flexibility index (Phi) is 2.63. The van der Waals surface area contributed by atoms with Gasteiger partial charge in [0.1, 0.15) is 5.82 Å². The van der Waals surface area contributed by atoms with Crippen LogP contribution in [0.5, 0.6) is 0 Å². The van der Waals surface area contributed by atoms with Crippen LogP contribution in [-0.2, 0) is 12.6 Å². The molecule has 1 fully saturated rings. The molecule has 96 valence electrons. The van der Waals surface area contributed by atoms with E-state index in [4.69, 9.17) is 10.7 Å². The van der Waals surface area contributed by atoms with E-state index in [1.807, 2.05) is 19.3 Å². The van der Waals surface area contributed by atoms with Crippen molar-refractivity contribution < 1.29 is 0 Å². The SMILES string of the molecule is CC1CCC(N)(c2nc3ccncc3n2C)CC1. The number of nitrogens with two attached hydrogens (primary N) is 1. The summed E-state index contributed by atoms with van der Waals surface area (Å²) in [6.45, 7) is 2.30. The first-order chi connectivity index (χ1) is 8.60. The predicted molar refractivity (Wildman–Crippen MR) is 72.0 cm³/mol. The quantitative estimate of drug-likeness (QED) is 0.837. The van der Waals surface area contributed by atoms with Crippen LogP contribution in [0.1, 0.15) is 38.4 Å². The number of imidazole rings is 1. The number of rotatable bonds is 1. The zero-order valence-corrected chi connectivity index (χ0v) is 11.1. The first kappa shape index (κ1) is 11.7. The van der Waals surface area contributed by atoms with Crippen molar-refractivity contribution in [2.24, 2.45) is 18.7 Å². The van der Waals surface area contributed by atoms with Crippen molar-refractivity contribution in [2.75, 3.05) is 0 Å². The van der Waals surface area contributed by atoms with Gasteiger partial charge in [0.05, 0.1) is 22.8 Å². The fraction of sp³-hybridized carbons (Fsp3) is 0.571. The van der Waals surface area contributed by atoms with E-state index in [1.54, 1.807) is 6.20 Å². The average molecular weight is 244 g/mol.